The molecular formula is C23H18Br2N6O3S. The first-order chi connectivity index (χ1) is 17.0. The van der Waals surface area contributed by atoms with Crippen LogP contribution in [0.3, 0.4) is 0 Å². The van der Waals surface area contributed by atoms with E-state index in [-0.39, 0.29) is 17.4 Å². The molecule has 0 aliphatic carbocycles. The van der Waals surface area contributed by atoms with Gasteiger partial charge in [-0.2, -0.15) is 5.10 Å². The number of amides is 1. The molecule has 0 bridgehead atoms. The Morgan fingerprint density at radius 2 is 2.03 bits per heavy atom. The van der Waals surface area contributed by atoms with Crippen molar-refractivity contribution in [2.24, 2.45) is 5.10 Å². The van der Waals surface area contributed by atoms with E-state index in [0.29, 0.717) is 26.8 Å². The summed E-state index contributed by atoms with van der Waals surface area (Å²) < 4.78 is 8.40. The molecule has 9 nitrogen and oxygen atoms in total. The zero-order valence-corrected chi connectivity index (χ0v) is 22.2. The largest absolute Gasteiger partial charge is 0.503 e. The Kier molecular flexibility index (Phi) is 8.16. The lowest BCUT2D eigenvalue weighted by atomic mass is 10.2. The summed E-state index contributed by atoms with van der Waals surface area (Å²) in [6.45, 7) is 0. The molecule has 0 unspecified atom stereocenters. The summed E-state index contributed by atoms with van der Waals surface area (Å²) in [6.07, 6.45) is 4.86. The topological polar surface area (TPSA) is 115 Å². The maximum Gasteiger partial charge on any atom is 0.250 e. The number of carbonyl (C=O) groups is 1. The molecule has 0 spiro atoms. The molecule has 0 aliphatic heterocycles. The molecule has 2 N–H and O–H groups in total. The molecule has 35 heavy (non-hydrogen) atoms. The summed E-state index contributed by atoms with van der Waals surface area (Å²) in [5.74, 6) is 0.657. The molecule has 0 fully saturated rings. The molecule has 0 aliphatic rings. The normalized spacial score (nSPS) is 11.1. The Balaban J connectivity index is 1.48. The molecule has 0 radical (unpaired) electrons. The van der Waals surface area contributed by atoms with Crippen molar-refractivity contribution in [1.29, 1.82) is 0 Å². The van der Waals surface area contributed by atoms with Crippen molar-refractivity contribution in [3.8, 4) is 28.6 Å². The number of phenols is 1. The summed E-state index contributed by atoms with van der Waals surface area (Å²) in [6, 6.07) is 14.7. The van der Waals surface area contributed by atoms with Gasteiger partial charge in [0.05, 0.1) is 23.5 Å². The highest BCUT2D eigenvalue weighted by molar-refractivity contribution is 9.10. The molecule has 4 aromatic rings. The Hall–Kier alpha value is -3.22. The van der Waals surface area contributed by atoms with Gasteiger partial charge in [-0.15, -0.1) is 10.2 Å². The Labute approximate surface area is 221 Å². The second-order valence-corrected chi connectivity index (χ2v) is 9.71. The minimum absolute atomic E-state index is 0.00868. The predicted octanol–water partition coefficient (Wildman–Crippen LogP) is 4.81. The van der Waals surface area contributed by atoms with E-state index in [1.54, 1.807) is 24.5 Å². The van der Waals surface area contributed by atoms with Gasteiger partial charge in [0.2, 0.25) is 0 Å². The van der Waals surface area contributed by atoms with Crippen molar-refractivity contribution in [3.05, 3.63) is 75.4 Å². The fraction of sp³-hybridized carbons (Fsp3) is 0.0870. The number of thioether (sulfide) groups is 1. The van der Waals surface area contributed by atoms with E-state index in [1.165, 1.54) is 25.1 Å². The minimum atomic E-state index is -0.315. The van der Waals surface area contributed by atoms with Crippen LogP contribution in [0.15, 0.2) is 80.1 Å². The standard InChI is InChI=1S/C23H18Br2N6O3S/c1-34-19-10-14(9-18(25)21(19)33)11-27-28-20(32)13-35-23-30-29-22(15-3-2-8-26-12-15)31(23)17-6-4-16(24)5-7-17/h2-12,33H,13H2,1H3,(H,28,32). The fourth-order valence-corrected chi connectivity index (χ4v) is 4.50. The number of nitrogens with one attached hydrogen (secondary N) is 1. The van der Waals surface area contributed by atoms with Crippen molar-refractivity contribution in [2.45, 2.75) is 5.16 Å². The molecule has 0 saturated heterocycles. The zero-order chi connectivity index (χ0) is 24.8. The molecule has 0 saturated carbocycles. The van der Waals surface area contributed by atoms with E-state index >= 15 is 0 Å². The number of benzene rings is 2. The summed E-state index contributed by atoms with van der Waals surface area (Å²) >= 11 is 7.94. The zero-order valence-electron chi connectivity index (χ0n) is 18.2. The van der Waals surface area contributed by atoms with Gasteiger partial charge < -0.3 is 9.84 Å². The van der Waals surface area contributed by atoms with E-state index in [2.05, 4.69) is 57.6 Å². The van der Waals surface area contributed by atoms with Gasteiger partial charge in [-0.05, 0) is 70.0 Å². The van der Waals surface area contributed by atoms with Crippen LogP contribution in [-0.4, -0.2) is 49.8 Å². The summed E-state index contributed by atoms with van der Waals surface area (Å²) in [5, 5.41) is 23.1. The highest BCUT2D eigenvalue weighted by atomic mass is 79.9. The molecule has 2 heterocycles. The highest BCUT2D eigenvalue weighted by Gasteiger charge is 2.17. The van der Waals surface area contributed by atoms with E-state index in [9.17, 15) is 9.90 Å². The van der Waals surface area contributed by atoms with E-state index in [1.807, 2.05) is 41.0 Å². The van der Waals surface area contributed by atoms with Crippen molar-refractivity contribution >= 4 is 55.7 Å². The first-order valence-corrected chi connectivity index (χ1v) is 12.7. The van der Waals surface area contributed by atoms with Crippen LogP contribution < -0.4 is 10.2 Å². The lowest BCUT2D eigenvalue weighted by Crippen LogP contribution is -2.20. The van der Waals surface area contributed by atoms with Gasteiger partial charge in [-0.1, -0.05) is 27.7 Å². The molecule has 1 amide bonds. The third-order valence-corrected chi connectivity index (χ3v) is 6.71. The van der Waals surface area contributed by atoms with E-state index < -0.39 is 0 Å². The molecule has 12 heteroatoms. The minimum Gasteiger partial charge on any atom is -0.503 e. The maximum absolute atomic E-state index is 12.4. The number of halogens is 2. The van der Waals surface area contributed by atoms with Gasteiger partial charge >= 0.3 is 0 Å². The third-order valence-electron chi connectivity index (χ3n) is 4.64. The quantitative estimate of drug-likeness (QED) is 0.166. The van der Waals surface area contributed by atoms with Gasteiger partial charge in [0, 0.05) is 28.1 Å². The smallest absolute Gasteiger partial charge is 0.250 e. The van der Waals surface area contributed by atoms with Gasteiger partial charge in [-0.25, -0.2) is 5.43 Å². The lowest BCUT2D eigenvalue weighted by Gasteiger charge is -2.10. The fourth-order valence-electron chi connectivity index (χ4n) is 3.03. The number of carbonyl (C=O) groups excluding carboxylic acids is 1. The maximum atomic E-state index is 12.4. The van der Waals surface area contributed by atoms with Gasteiger partial charge in [0.1, 0.15) is 0 Å². The van der Waals surface area contributed by atoms with E-state index in [4.69, 9.17) is 4.74 Å². The van der Waals surface area contributed by atoms with Gasteiger partial charge in [0.25, 0.3) is 5.91 Å². The van der Waals surface area contributed by atoms with Gasteiger partial charge in [0.15, 0.2) is 22.5 Å². The number of hydrogen-bond acceptors (Lipinski definition) is 8. The summed E-state index contributed by atoms with van der Waals surface area (Å²) in [4.78, 5) is 16.6. The average molecular weight is 618 g/mol. The SMILES string of the molecule is COc1cc(C=NNC(=O)CSc2nnc(-c3cccnc3)n2-c2ccc(Br)cc2)cc(Br)c1O. The number of methoxy groups -OCH3 is 1. The summed E-state index contributed by atoms with van der Waals surface area (Å²) in [5.41, 5.74) is 4.79. The number of rotatable bonds is 8. The number of aromatic nitrogens is 4. The van der Waals surface area contributed by atoms with Crippen LogP contribution >= 0.6 is 43.6 Å². The van der Waals surface area contributed by atoms with Crippen molar-refractivity contribution in [2.75, 3.05) is 12.9 Å². The van der Waals surface area contributed by atoms with Crippen molar-refractivity contribution < 1.29 is 14.6 Å². The first-order valence-electron chi connectivity index (χ1n) is 10.1. The van der Waals surface area contributed by atoms with Gasteiger partial charge in [-0.3, -0.25) is 14.3 Å². The Bertz CT molecular complexity index is 1360. The second-order valence-electron chi connectivity index (χ2n) is 7.00. The van der Waals surface area contributed by atoms with Crippen LogP contribution in [0.5, 0.6) is 11.5 Å². The monoisotopic (exact) mass is 616 g/mol. The number of hydrazone groups is 1. The highest BCUT2D eigenvalue weighted by Crippen LogP contribution is 2.34. The predicted molar refractivity (Wildman–Crippen MR) is 141 cm³/mol. The number of aromatic hydroxyl groups is 1. The first kappa shape index (κ1) is 24.9. The molecule has 0 atom stereocenters. The Morgan fingerprint density at radius 1 is 1.23 bits per heavy atom. The number of nitrogens with zero attached hydrogens (tertiary/aromatic N) is 5. The second kappa shape index (κ2) is 11.5. The van der Waals surface area contributed by atoms with Crippen LogP contribution in [-0.2, 0) is 4.79 Å². The van der Waals surface area contributed by atoms with Crippen molar-refractivity contribution in [3.63, 3.8) is 0 Å². The molecule has 178 valence electrons. The molecule has 2 aromatic heterocycles. The van der Waals surface area contributed by atoms with Crippen LogP contribution in [0.1, 0.15) is 5.56 Å². The number of ether oxygens (including phenoxy) is 1. The molecule has 2 aromatic carbocycles. The van der Waals surface area contributed by atoms with Crippen LogP contribution in [0.25, 0.3) is 17.1 Å². The van der Waals surface area contributed by atoms with Crippen LogP contribution in [0.2, 0.25) is 0 Å². The van der Waals surface area contributed by atoms with Crippen LogP contribution in [0, 0.1) is 0 Å². The summed E-state index contributed by atoms with van der Waals surface area (Å²) in [7, 11) is 1.45. The number of phenolic OH excluding ortho intramolecular Hbond substituents is 1. The van der Waals surface area contributed by atoms with Crippen LogP contribution in [0.4, 0.5) is 0 Å². The number of pyridine rings is 1. The molecule has 4 rings (SSSR count). The lowest BCUT2D eigenvalue weighted by molar-refractivity contribution is -0.118. The Morgan fingerprint density at radius 3 is 2.74 bits per heavy atom. The van der Waals surface area contributed by atoms with Crippen molar-refractivity contribution in [1.82, 2.24) is 25.2 Å². The number of hydrogen-bond donors (Lipinski definition) is 2. The molecular weight excluding hydrogens is 600 g/mol. The van der Waals surface area contributed by atoms with E-state index in [0.717, 1.165) is 15.7 Å². The average Bonchev–Trinajstić information content (AvgIpc) is 3.29. The third kappa shape index (κ3) is 6.08.